The van der Waals surface area contributed by atoms with Crippen LogP contribution in [0.15, 0.2) is 18.2 Å². The zero-order valence-corrected chi connectivity index (χ0v) is 13.5. The number of carbonyl (C=O) groups is 1. The monoisotopic (exact) mass is 304 g/mol. The van der Waals surface area contributed by atoms with E-state index in [4.69, 9.17) is 9.47 Å². The smallest absolute Gasteiger partial charge is 0.410 e. The third kappa shape index (κ3) is 3.13. The molecule has 0 aromatic heterocycles. The van der Waals surface area contributed by atoms with E-state index in [1.54, 1.807) is 4.90 Å². The second-order valence-electron chi connectivity index (χ2n) is 6.91. The number of amides is 1. The van der Waals surface area contributed by atoms with Gasteiger partial charge in [-0.15, -0.1) is 0 Å². The van der Waals surface area contributed by atoms with Gasteiger partial charge in [0.05, 0.1) is 5.69 Å². The fraction of sp³-hybridized carbons (Fsp3) is 0.588. The fourth-order valence-electron chi connectivity index (χ4n) is 3.02. The lowest BCUT2D eigenvalue weighted by Crippen LogP contribution is -2.35. The van der Waals surface area contributed by atoms with E-state index in [2.05, 4.69) is 11.4 Å². The molecule has 2 heterocycles. The molecule has 1 aromatic carbocycles. The van der Waals surface area contributed by atoms with Gasteiger partial charge in [0.2, 0.25) is 0 Å². The maximum atomic E-state index is 12.2. The molecule has 0 radical (unpaired) electrons. The summed E-state index contributed by atoms with van der Waals surface area (Å²) in [6.45, 7) is 8.63. The minimum absolute atomic E-state index is 0.223. The van der Waals surface area contributed by atoms with E-state index in [-0.39, 0.29) is 6.09 Å². The van der Waals surface area contributed by atoms with Gasteiger partial charge >= 0.3 is 6.09 Å². The normalized spacial score (nSPS) is 20.9. The van der Waals surface area contributed by atoms with Crippen LogP contribution in [0.25, 0.3) is 0 Å². The van der Waals surface area contributed by atoms with Crippen molar-refractivity contribution < 1.29 is 14.3 Å². The second kappa shape index (κ2) is 5.71. The van der Waals surface area contributed by atoms with Crippen molar-refractivity contribution in [1.82, 2.24) is 4.90 Å². The first-order chi connectivity index (χ1) is 10.4. The largest absolute Gasteiger partial charge is 0.489 e. The Morgan fingerprint density at radius 2 is 2.23 bits per heavy atom. The predicted molar refractivity (Wildman–Crippen MR) is 85.6 cm³/mol. The number of fused-ring (bicyclic) bond motifs is 1. The molecule has 5 nitrogen and oxygen atoms in total. The summed E-state index contributed by atoms with van der Waals surface area (Å²) in [6.07, 6.45) is 0.720. The SMILES string of the molecule is CC(C)(C)OC(=O)N1CC[C@H](c2cccc3c2OCCN3)C1. The van der Waals surface area contributed by atoms with Crippen molar-refractivity contribution in [2.45, 2.75) is 38.7 Å². The van der Waals surface area contributed by atoms with Crippen LogP contribution in [0.4, 0.5) is 10.5 Å². The summed E-state index contributed by atoms with van der Waals surface area (Å²) < 4.78 is 11.3. The zero-order valence-electron chi connectivity index (χ0n) is 13.5. The van der Waals surface area contributed by atoms with Crippen LogP contribution < -0.4 is 10.1 Å². The molecule has 0 spiro atoms. The maximum absolute atomic E-state index is 12.2. The number of ether oxygens (including phenoxy) is 2. The molecule has 22 heavy (non-hydrogen) atoms. The van der Waals surface area contributed by atoms with Crippen LogP contribution in [0.2, 0.25) is 0 Å². The molecule has 1 atom stereocenters. The molecule has 1 saturated heterocycles. The quantitative estimate of drug-likeness (QED) is 0.865. The zero-order chi connectivity index (χ0) is 15.7. The van der Waals surface area contributed by atoms with E-state index in [1.165, 1.54) is 5.56 Å². The predicted octanol–water partition coefficient (Wildman–Crippen LogP) is 3.22. The van der Waals surface area contributed by atoms with Crippen molar-refractivity contribution in [3.8, 4) is 5.75 Å². The molecular weight excluding hydrogens is 280 g/mol. The topological polar surface area (TPSA) is 50.8 Å². The number of para-hydroxylation sites is 1. The fourth-order valence-corrected chi connectivity index (χ4v) is 3.02. The Balaban J connectivity index is 1.72. The molecule has 0 unspecified atom stereocenters. The molecule has 0 bridgehead atoms. The molecule has 2 aliphatic rings. The van der Waals surface area contributed by atoms with Gasteiger partial charge in [0.1, 0.15) is 18.0 Å². The molecule has 2 aliphatic heterocycles. The number of benzene rings is 1. The standard InChI is InChI=1S/C17H24N2O3/c1-17(2,3)22-16(20)19-9-7-12(11-19)13-5-4-6-14-15(13)21-10-8-18-14/h4-6,12,18H,7-11H2,1-3H3/t12-/m0/s1. The third-order valence-electron chi connectivity index (χ3n) is 3.99. The number of rotatable bonds is 1. The summed E-state index contributed by atoms with van der Waals surface area (Å²) in [4.78, 5) is 14.0. The number of hydrogen-bond acceptors (Lipinski definition) is 4. The van der Waals surface area contributed by atoms with Crippen LogP contribution in [-0.4, -0.2) is 42.8 Å². The maximum Gasteiger partial charge on any atom is 0.410 e. The summed E-state index contributed by atoms with van der Waals surface area (Å²) in [5.74, 6) is 1.26. The first-order valence-corrected chi connectivity index (χ1v) is 7.91. The Morgan fingerprint density at radius 1 is 1.41 bits per heavy atom. The molecule has 0 saturated carbocycles. The van der Waals surface area contributed by atoms with E-state index in [0.717, 1.165) is 30.9 Å². The Hall–Kier alpha value is -1.91. The molecule has 1 N–H and O–H groups in total. The van der Waals surface area contributed by atoms with Gasteiger partial charge in [0.25, 0.3) is 0 Å². The molecule has 1 fully saturated rings. The Kier molecular flexibility index (Phi) is 3.89. The average Bonchev–Trinajstić information content (AvgIpc) is 2.94. The highest BCUT2D eigenvalue weighted by Gasteiger charge is 2.32. The molecule has 1 amide bonds. The first kappa shape index (κ1) is 15.0. The van der Waals surface area contributed by atoms with Crippen LogP contribution >= 0.6 is 0 Å². The lowest BCUT2D eigenvalue weighted by atomic mass is 9.96. The van der Waals surface area contributed by atoms with Crippen LogP contribution in [-0.2, 0) is 4.74 Å². The second-order valence-corrected chi connectivity index (χ2v) is 6.91. The number of hydrogen-bond donors (Lipinski definition) is 1. The number of nitrogens with zero attached hydrogens (tertiary/aromatic N) is 1. The molecule has 1 aromatic rings. The van der Waals surface area contributed by atoms with Crippen molar-refractivity contribution >= 4 is 11.8 Å². The van der Waals surface area contributed by atoms with Gasteiger partial charge in [-0.25, -0.2) is 4.79 Å². The summed E-state index contributed by atoms with van der Waals surface area (Å²) in [5, 5.41) is 3.36. The molecule has 5 heteroatoms. The minimum atomic E-state index is -0.450. The summed E-state index contributed by atoms with van der Waals surface area (Å²) in [5.41, 5.74) is 1.80. The van der Waals surface area contributed by atoms with Crippen molar-refractivity contribution in [2.75, 3.05) is 31.6 Å². The summed E-state index contributed by atoms with van der Waals surface area (Å²) in [7, 11) is 0. The number of nitrogens with one attached hydrogen (secondary N) is 1. The van der Waals surface area contributed by atoms with Crippen molar-refractivity contribution in [3.63, 3.8) is 0 Å². The number of likely N-dealkylation sites (tertiary alicyclic amines) is 1. The van der Waals surface area contributed by atoms with Crippen LogP contribution in [0.5, 0.6) is 5.75 Å². The van der Waals surface area contributed by atoms with Gasteiger partial charge in [0.15, 0.2) is 0 Å². The molecular formula is C17H24N2O3. The molecule has 0 aliphatic carbocycles. The van der Waals surface area contributed by atoms with Crippen molar-refractivity contribution in [3.05, 3.63) is 23.8 Å². The van der Waals surface area contributed by atoms with Gasteiger partial charge in [-0.1, -0.05) is 12.1 Å². The van der Waals surface area contributed by atoms with E-state index >= 15 is 0 Å². The van der Waals surface area contributed by atoms with Gasteiger partial charge in [-0.05, 0) is 33.3 Å². The van der Waals surface area contributed by atoms with Gasteiger partial charge < -0.3 is 19.7 Å². The van der Waals surface area contributed by atoms with E-state index in [1.807, 2.05) is 32.9 Å². The van der Waals surface area contributed by atoms with Gasteiger partial charge in [0, 0.05) is 31.1 Å². The molecule has 3 rings (SSSR count). The minimum Gasteiger partial charge on any atom is -0.489 e. The lowest BCUT2D eigenvalue weighted by Gasteiger charge is -2.25. The highest BCUT2D eigenvalue weighted by molar-refractivity contribution is 5.69. The number of anilines is 1. The highest BCUT2D eigenvalue weighted by atomic mass is 16.6. The number of carbonyl (C=O) groups excluding carboxylic acids is 1. The summed E-state index contributed by atoms with van der Waals surface area (Å²) in [6, 6.07) is 6.19. The highest BCUT2D eigenvalue weighted by Crippen LogP contribution is 2.39. The third-order valence-corrected chi connectivity index (χ3v) is 3.99. The van der Waals surface area contributed by atoms with E-state index in [9.17, 15) is 4.79 Å². The van der Waals surface area contributed by atoms with Crippen molar-refractivity contribution in [2.24, 2.45) is 0 Å². The van der Waals surface area contributed by atoms with Crippen LogP contribution in [0, 0.1) is 0 Å². The van der Waals surface area contributed by atoms with Crippen LogP contribution in [0.1, 0.15) is 38.7 Å². The van der Waals surface area contributed by atoms with E-state index in [0.29, 0.717) is 19.1 Å². The van der Waals surface area contributed by atoms with E-state index < -0.39 is 5.60 Å². The summed E-state index contributed by atoms with van der Waals surface area (Å²) >= 11 is 0. The van der Waals surface area contributed by atoms with Gasteiger partial charge in [-0.3, -0.25) is 0 Å². The first-order valence-electron chi connectivity index (χ1n) is 7.91. The Bertz CT molecular complexity index is 566. The Labute approximate surface area is 131 Å². The Morgan fingerprint density at radius 3 is 3.00 bits per heavy atom. The average molecular weight is 304 g/mol. The van der Waals surface area contributed by atoms with Crippen LogP contribution in [0.3, 0.4) is 0 Å². The lowest BCUT2D eigenvalue weighted by molar-refractivity contribution is 0.0292. The molecule has 120 valence electrons. The van der Waals surface area contributed by atoms with Crippen molar-refractivity contribution in [1.29, 1.82) is 0 Å². The van der Waals surface area contributed by atoms with Gasteiger partial charge in [-0.2, -0.15) is 0 Å².